The number of para-hydroxylation sites is 1. The van der Waals surface area contributed by atoms with E-state index in [4.69, 9.17) is 0 Å². The summed E-state index contributed by atoms with van der Waals surface area (Å²) in [6.45, 7) is 3.58. The van der Waals surface area contributed by atoms with Crippen LogP contribution in [0.4, 0.5) is 18.3 Å². The summed E-state index contributed by atoms with van der Waals surface area (Å²) in [6.07, 6.45) is -2.21. The molecule has 0 saturated heterocycles. The van der Waals surface area contributed by atoms with Crippen molar-refractivity contribution < 1.29 is 18.0 Å². The molecule has 140 valence electrons. The second kappa shape index (κ2) is 7.92. The van der Waals surface area contributed by atoms with E-state index in [-0.39, 0.29) is 10.8 Å². The molecule has 0 unspecified atom stereocenters. The molecule has 3 aromatic rings. The Bertz CT molecular complexity index is 953. The molecule has 0 bridgehead atoms. The van der Waals surface area contributed by atoms with Crippen LogP contribution in [0.3, 0.4) is 0 Å². The number of benzene rings is 1. The van der Waals surface area contributed by atoms with Gasteiger partial charge in [-0.15, -0.1) is 16.8 Å². The summed E-state index contributed by atoms with van der Waals surface area (Å²) in [4.78, 5) is 12.4. The number of thioether (sulfide) groups is 1. The number of hydrogen-bond acceptors (Lipinski definition) is 6. The van der Waals surface area contributed by atoms with E-state index in [1.807, 2.05) is 0 Å². The summed E-state index contributed by atoms with van der Waals surface area (Å²) >= 11 is 2.42. The molecule has 2 heterocycles. The fourth-order valence-electron chi connectivity index (χ4n) is 2.17. The fraction of sp³-hybridized carbons (Fsp3) is 0.125. The third-order valence-corrected chi connectivity index (χ3v) is 5.20. The van der Waals surface area contributed by atoms with Gasteiger partial charge in [0.25, 0.3) is 5.91 Å². The maximum Gasteiger partial charge on any atom is 0.434 e. The minimum absolute atomic E-state index is 0.104. The summed E-state index contributed by atoms with van der Waals surface area (Å²) in [5.41, 5.74) is -1.55. The number of alkyl halides is 3. The molecule has 0 aliphatic rings. The fourth-order valence-corrected chi connectivity index (χ4v) is 3.67. The zero-order valence-corrected chi connectivity index (χ0v) is 15.2. The van der Waals surface area contributed by atoms with Gasteiger partial charge in [-0.1, -0.05) is 47.4 Å². The van der Waals surface area contributed by atoms with Gasteiger partial charge < -0.3 is 0 Å². The van der Waals surface area contributed by atoms with Gasteiger partial charge in [-0.2, -0.15) is 18.3 Å². The number of rotatable bonds is 6. The first-order chi connectivity index (χ1) is 12.9. The van der Waals surface area contributed by atoms with Gasteiger partial charge >= 0.3 is 6.18 Å². The van der Waals surface area contributed by atoms with E-state index in [0.717, 1.165) is 17.5 Å². The smallest absolute Gasteiger partial charge is 0.296 e. The van der Waals surface area contributed by atoms with Gasteiger partial charge in [0, 0.05) is 5.75 Å². The molecule has 1 amide bonds. The molecule has 0 fully saturated rings. The van der Waals surface area contributed by atoms with E-state index in [2.05, 4.69) is 27.2 Å². The van der Waals surface area contributed by atoms with Crippen LogP contribution in [-0.4, -0.2) is 31.6 Å². The van der Waals surface area contributed by atoms with Gasteiger partial charge in [0.15, 0.2) is 10.0 Å². The zero-order valence-electron chi connectivity index (χ0n) is 13.6. The predicted octanol–water partition coefficient (Wildman–Crippen LogP) is 4.27. The maximum atomic E-state index is 13.6. The summed E-state index contributed by atoms with van der Waals surface area (Å²) in [6, 6.07) is 7.78. The molecule has 0 spiro atoms. The molecule has 0 aliphatic heterocycles. The first-order valence-corrected chi connectivity index (χ1v) is 9.29. The number of amides is 1. The topological polar surface area (TPSA) is 72.7 Å². The number of hydrogen-bond donors (Lipinski definition) is 1. The molecule has 6 nitrogen and oxygen atoms in total. The van der Waals surface area contributed by atoms with Crippen LogP contribution in [0, 0.1) is 0 Å². The van der Waals surface area contributed by atoms with Crippen molar-refractivity contribution in [3.8, 4) is 5.69 Å². The first-order valence-electron chi connectivity index (χ1n) is 7.49. The Morgan fingerprint density at radius 1 is 1.30 bits per heavy atom. The number of halogens is 3. The number of aromatic nitrogens is 4. The number of nitrogens with one attached hydrogen (secondary N) is 1. The van der Waals surface area contributed by atoms with E-state index in [1.165, 1.54) is 23.9 Å². The lowest BCUT2D eigenvalue weighted by Gasteiger charge is -2.12. The highest BCUT2D eigenvalue weighted by atomic mass is 32.2. The molecule has 0 atom stereocenters. The number of nitrogens with zero attached hydrogens (tertiary/aromatic N) is 4. The second-order valence-electron chi connectivity index (χ2n) is 5.08. The summed E-state index contributed by atoms with van der Waals surface area (Å²) in [7, 11) is 0. The van der Waals surface area contributed by atoms with Crippen LogP contribution >= 0.6 is 23.1 Å². The highest BCUT2D eigenvalue weighted by molar-refractivity contribution is 8.01. The highest BCUT2D eigenvalue weighted by Crippen LogP contribution is 2.34. The summed E-state index contributed by atoms with van der Waals surface area (Å²) < 4.78 is 42.0. The van der Waals surface area contributed by atoms with E-state index < -0.39 is 23.3 Å². The van der Waals surface area contributed by atoms with E-state index in [1.54, 1.807) is 24.3 Å². The number of carbonyl (C=O) groups is 1. The van der Waals surface area contributed by atoms with Gasteiger partial charge in [-0.3, -0.25) is 10.1 Å². The zero-order chi connectivity index (χ0) is 19.4. The third kappa shape index (κ3) is 4.37. The largest absolute Gasteiger partial charge is 0.434 e. The van der Waals surface area contributed by atoms with Gasteiger partial charge in [0.05, 0.1) is 17.4 Å². The van der Waals surface area contributed by atoms with Crippen LogP contribution < -0.4 is 5.32 Å². The molecule has 1 N–H and O–H groups in total. The normalized spacial score (nSPS) is 11.4. The minimum Gasteiger partial charge on any atom is -0.296 e. The molecule has 27 heavy (non-hydrogen) atoms. The van der Waals surface area contributed by atoms with Crippen molar-refractivity contribution in [3.63, 3.8) is 0 Å². The Hall–Kier alpha value is -2.66. The minimum atomic E-state index is -4.77. The molecule has 2 aromatic heterocycles. The number of anilines is 1. The molecular weight excluding hydrogens is 399 g/mol. The van der Waals surface area contributed by atoms with Crippen molar-refractivity contribution in [3.05, 3.63) is 60.4 Å². The molecular formula is C16H12F3N5OS2. The monoisotopic (exact) mass is 411 g/mol. The molecule has 0 radical (unpaired) electrons. The van der Waals surface area contributed by atoms with E-state index >= 15 is 0 Å². The quantitative estimate of drug-likeness (QED) is 0.373. The maximum absolute atomic E-state index is 13.6. The Kier molecular flexibility index (Phi) is 5.61. The Labute approximate surface area is 160 Å². The third-order valence-electron chi connectivity index (χ3n) is 3.23. The van der Waals surface area contributed by atoms with Crippen LogP contribution in [0.25, 0.3) is 5.69 Å². The summed E-state index contributed by atoms with van der Waals surface area (Å²) in [5, 5.41) is 13.8. The lowest BCUT2D eigenvalue weighted by atomic mass is 10.2. The van der Waals surface area contributed by atoms with Crippen LogP contribution in [0.5, 0.6) is 0 Å². The van der Waals surface area contributed by atoms with Crippen molar-refractivity contribution in [1.29, 1.82) is 0 Å². The van der Waals surface area contributed by atoms with Crippen molar-refractivity contribution in [2.45, 2.75) is 10.5 Å². The van der Waals surface area contributed by atoms with Crippen molar-refractivity contribution in [1.82, 2.24) is 20.0 Å². The number of carbonyl (C=O) groups excluding carboxylic acids is 1. The Morgan fingerprint density at radius 3 is 2.70 bits per heavy atom. The molecule has 11 heteroatoms. The second-order valence-corrected chi connectivity index (χ2v) is 7.32. The van der Waals surface area contributed by atoms with Crippen molar-refractivity contribution >= 4 is 34.1 Å². The van der Waals surface area contributed by atoms with Gasteiger partial charge in [0.1, 0.15) is 0 Å². The highest BCUT2D eigenvalue weighted by Gasteiger charge is 2.40. The average molecular weight is 411 g/mol. The predicted molar refractivity (Wildman–Crippen MR) is 97.3 cm³/mol. The van der Waals surface area contributed by atoms with Gasteiger partial charge in [-0.25, -0.2) is 4.68 Å². The van der Waals surface area contributed by atoms with Crippen LogP contribution in [0.15, 0.2) is 53.5 Å². The standard InChI is InChI=1S/C16H12F3N5OS2/c1-2-8-26-15-23-22-14(27-15)21-13(25)11-9-20-24(12(11)16(17,18)19)10-6-4-3-5-7-10/h2-7,9H,1,8H2,(H,21,22,25). The van der Waals surface area contributed by atoms with Crippen LogP contribution in [-0.2, 0) is 6.18 Å². The first kappa shape index (κ1) is 19.1. The molecule has 1 aromatic carbocycles. The Morgan fingerprint density at radius 2 is 2.04 bits per heavy atom. The summed E-state index contributed by atoms with van der Waals surface area (Å²) in [5.74, 6) is -0.356. The van der Waals surface area contributed by atoms with E-state index in [9.17, 15) is 18.0 Å². The van der Waals surface area contributed by atoms with E-state index in [0.29, 0.717) is 14.8 Å². The Balaban J connectivity index is 1.90. The van der Waals surface area contributed by atoms with Gasteiger partial charge in [-0.05, 0) is 12.1 Å². The lowest BCUT2D eigenvalue weighted by molar-refractivity contribution is -0.143. The molecule has 3 rings (SSSR count). The van der Waals surface area contributed by atoms with Crippen LogP contribution in [0.2, 0.25) is 0 Å². The van der Waals surface area contributed by atoms with Gasteiger partial charge in [0.2, 0.25) is 5.13 Å². The molecule has 0 aliphatic carbocycles. The average Bonchev–Trinajstić information content (AvgIpc) is 3.27. The SMILES string of the molecule is C=CCSc1nnc(NC(=O)c2cnn(-c3ccccc3)c2C(F)(F)F)s1. The molecule has 0 saturated carbocycles. The van der Waals surface area contributed by atoms with Crippen molar-refractivity contribution in [2.75, 3.05) is 11.1 Å². The van der Waals surface area contributed by atoms with Crippen LogP contribution in [0.1, 0.15) is 16.1 Å². The van der Waals surface area contributed by atoms with Crippen molar-refractivity contribution in [2.24, 2.45) is 0 Å². The lowest BCUT2D eigenvalue weighted by Crippen LogP contribution is -2.20.